The molecular weight excluding hydrogens is 324 g/mol. The second-order valence-electron chi connectivity index (χ2n) is 7.51. The summed E-state index contributed by atoms with van der Waals surface area (Å²) in [4.78, 5) is 17.0. The number of phenols is 1. The van der Waals surface area contributed by atoms with E-state index in [-0.39, 0.29) is 11.7 Å². The fourth-order valence-corrected chi connectivity index (χ4v) is 3.73. The lowest BCUT2D eigenvalue weighted by Crippen LogP contribution is -2.35. The van der Waals surface area contributed by atoms with Crippen LogP contribution in [0.25, 0.3) is 0 Å². The molecule has 0 bridgehead atoms. The summed E-state index contributed by atoms with van der Waals surface area (Å²) in [6.07, 6.45) is 1.21. The number of phenolic OH excluding ortho intramolecular Hbond substituents is 1. The summed E-state index contributed by atoms with van der Waals surface area (Å²) in [7, 11) is 4.19. The van der Waals surface area contributed by atoms with E-state index in [0.717, 1.165) is 18.7 Å². The lowest BCUT2D eigenvalue weighted by atomic mass is 9.93. The molecule has 2 aromatic rings. The first kappa shape index (κ1) is 18.5. The van der Waals surface area contributed by atoms with Crippen LogP contribution in [0.2, 0.25) is 0 Å². The van der Waals surface area contributed by atoms with E-state index in [1.807, 2.05) is 17.0 Å². The number of aryl methyl sites for hydroxylation is 2. The fraction of sp³-hybridized carbons (Fsp3) is 0.409. The van der Waals surface area contributed by atoms with E-state index in [2.05, 4.69) is 50.2 Å². The van der Waals surface area contributed by atoms with Gasteiger partial charge in [0.15, 0.2) is 0 Å². The standard InChI is InChI=1S/C22H28N2O2/c1-16-4-9-18(10-5-16)20-14-24(15-21(20)23(2)3)22(26)13-8-17-6-11-19(25)12-7-17/h4-7,9-12,20-21,25H,8,13-15H2,1-3H3/t20-,21+/m0/s1. The Morgan fingerprint density at radius 2 is 1.73 bits per heavy atom. The summed E-state index contributed by atoms with van der Waals surface area (Å²) in [5, 5.41) is 9.36. The molecule has 0 radical (unpaired) electrons. The van der Waals surface area contributed by atoms with Gasteiger partial charge in [-0.3, -0.25) is 4.79 Å². The van der Waals surface area contributed by atoms with Gasteiger partial charge >= 0.3 is 0 Å². The highest BCUT2D eigenvalue weighted by Crippen LogP contribution is 2.31. The molecule has 1 saturated heterocycles. The minimum atomic E-state index is 0.208. The van der Waals surface area contributed by atoms with Crippen LogP contribution in [0.3, 0.4) is 0 Å². The van der Waals surface area contributed by atoms with Crippen LogP contribution in [-0.4, -0.2) is 54.0 Å². The zero-order chi connectivity index (χ0) is 18.7. The van der Waals surface area contributed by atoms with Gasteiger partial charge < -0.3 is 14.9 Å². The molecular formula is C22H28N2O2. The number of benzene rings is 2. The maximum atomic E-state index is 12.7. The minimum absolute atomic E-state index is 0.208. The second kappa shape index (κ2) is 7.92. The molecule has 1 aliphatic heterocycles. The van der Waals surface area contributed by atoms with Crippen LogP contribution >= 0.6 is 0 Å². The van der Waals surface area contributed by atoms with Crippen LogP contribution in [0.5, 0.6) is 5.75 Å². The van der Waals surface area contributed by atoms with Gasteiger partial charge in [0.2, 0.25) is 5.91 Å². The summed E-state index contributed by atoms with van der Waals surface area (Å²) in [6.45, 7) is 3.65. The molecule has 26 heavy (non-hydrogen) atoms. The molecule has 0 aliphatic carbocycles. The Morgan fingerprint density at radius 3 is 2.35 bits per heavy atom. The zero-order valence-corrected chi connectivity index (χ0v) is 15.9. The molecule has 2 atom stereocenters. The van der Waals surface area contributed by atoms with Gasteiger partial charge in [-0.2, -0.15) is 0 Å². The van der Waals surface area contributed by atoms with E-state index in [4.69, 9.17) is 0 Å². The number of nitrogens with zero attached hydrogens (tertiary/aromatic N) is 2. The van der Waals surface area contributed by atoms with Crippen molar-refractivity contribution in [3.05, 3.63) is 65.2 Å². The van der Waals surface area contributed by atoms with Crippen molar-refractivity contribution in [2.75, 3.05) is 27.2 Å². The van der Waals surface area contributed by atoms with E-state index in [1.54, 1.807) is 12.1 Å². The molecule has 4 nitrogen and oxygen atoms in total. The van der Waals surface area contributed by atoms with Crippen molar-refractivity contribution in [3.8, 4) is 5.75 Å². The van der Waals surface area contributed by atoms with Crippen molar-refractivity contribution in [2.24, 2.45) is 0 Å². The summed E-state index contributed by atoms with van der Waals surface area (Å²) in [5.41, 5.74) is 3.65. The highest BCUT2D eigenvalue weighted by molar-refractivity contribution is 5.77. The maximum Gasteiger partial charge on any atom is 0.222 e. The summed E-state index contributed by atoms with van der Waals surface area (Å²) in [6, 6.07) is 16.1. The molecule has 0 aromatic heterocycles. The molecule has 138 valence electrons. The lowest BCUT2D eigenvalue weighted by Gasteiger charge is -2.25. The van der Waals surface area contributed by atoms with E-state index >= 15 is 0 Å². The molecule has 4 heteroatoms. The quantitative estimate of drug-likeness (QED) is 0.899. The van der Waals surface area contributed by atoms with Crippen LogP contribution in [-0.2, 0) is 11.2 Å². The Kier molecular flexibility index (Phi) is 5.62. The van der Waals surface area contributed by atoms with Crippen molar-refractivity contribution in [1.29, 1.82) is 0 Å². The highest BCUT2D eigenvalue weighted by Gasteiger charge is 2.36. The van der Waals surface area contributed by atoms with Crippen molar-refractivity contribution in [3.63, 3.8) is 0 Å². The molecule has 1 amide bonds. The van der Waals surface area contributed by atoms with Gasteiger partial charge in [-0.05, 0) is 50.7 Å². The third-order valence-electron chi connectivity index (χ3n) is 5.37. The van der Waals surface area contributed by atoms with Gasteiger partial charge in [-0.25, -0.2) is 0 Å². The number of hydrogen-bond acceptors (Lipinski definition) is 3. The Hall–Kier alpha value is -2.33. The first-order chi connectivity index (χ1) is 12.4. The van der Waals surface area contributed by atoms with Crippen LogP contribution in [0, 0.1) is 6.92 Å². The van der Waals surface area contributed by atoms with Crippen molar-refractivity contribution in [2.45, 2.75) is 31.7 Å². The monoisotopic (exact) mass is 352 g/mol. The predicted octanol–water partition coefficient (Wildman–Crippen LogP) is 3.19. The van der Waals surface area contributed by atoms with Crippen molar-refractivity contribution in [1.82, 2.24) is 9.80 Å². The van der Waals surface area contributed by atoms with Crippen LogP contribution in [0.15, 0.2) is 48.5 Å². The summed E-state index contributed by atoms with van der Waals surface area (Å²) >= 11 is 0. The Bertz CT molecular complexity index is 738. The average Bonchev–Trinajstić information content (AvgIpc) is 3.07. The Balaban J connectivity index is 1.65. The lowest BCUT2D eigenvalue weighted by molar-refractivity contribution is -0.130. The number of aromatic hydroxyl groups is 1. The van der Waals surface area contributed by atoms with E-state index < -0.39 is 0 Å². The van der Waals surface area contributed by atoms with Gasteiger partial charge in [0.1, 0.15) is 5.75 Å². The average molecular weight is 352 g/mol. The minimum Gasteiger partial charge on any atom is -0.508 e. The number of likely N-dealkylation sites (N-methyl/N-ethyl adjacent to an activating group) is 1. The molecule has 1 aliphatic rings. The molecule has 3 rings (SSSR count). The molecule has 1 heterocycles. The van der Waals surface area contributed by atoms with Gasteiger partial charge in [0.05, 0.1) is 0 Å². The smallest absolute Gasteiger partial charge is 0.222 e. The van der Waals surface area contributed by atoms with Gasteiger partial charge in [-0.1, -0.05) is 42.0 Å². The third kappa shape index (κ3) is 4.25. The van der Waals surface area contributed by atoms with E-state index in [9.17, 15) is 9.90 Å². The Labute approximate surface area is 156 Å². The number of likely N-dealkylation sites (tertiary alicyclic amines) is 1. The number of hydrogen-bond donors (Lipinski definition) is 1. The number of carbonyl (C=O) groups excluding carboxylic acids is 1. The predicted molar refractivity (Wildman–Crippen MR) is 104 cm³/mol. The molecule has 0 saturated carbocycles. The summed E-state index contributed by atoms with van der Waals surface area (Å²) < 4.78 is 0. The zero-order valence-electron chi connectivity index (χ0n) is 15.9. The molecule has 2 aromatic carbocycles. The Morgan fingerprint density at radius 1 is 1.08 bits per heavy atom. The number of amides is 1. The topological polar surface area (TPSA) is 43.8 Å². The van der Waals surface area contributed by atoms with Crippen LogP contribution in [0.1, 0.15) is 29.0 Å². The first-order valence-corrected chi connectivity index (χ1v) is 9.22. The van der Waals surface area contributed by atoms with Crippen LogP contribution in [0.4, 0.5) is 0 Å². The normalized spacial score (nSPS) is 19.9. The second-order valence-corrected chi connectivity index (χ2v) is 7.51. The van der Waals surface area contributed by atoms with E-state index in [0.29, 0.717) is 24.8 Å². The van der Waals surface area contributed by atoms with Crippen molar-refractivity contribution < 1.29 is 9.90 Å². The first-order valence-electron chi connectivity index (χ1n) is 9.22. The summed E-state index contributed by atoms with van der Waals surface area (Å²) in [5.74, 6) is 0.817. The largest absolute Gasteiger partial charge is 0.508 e. The highest BCUT2D eigenvalue weighted by atomic mass is 16.3. The van der Waals surface area contributed by atoms with Crippen LogP contribution < -0.4 is 0 Å². The van der Waals surface area contributed by atoms with Gasteiger partial charge in [0, 0.05) is 31.5 Å². The molecule has 0 unspecified atom stereocenters. The number of carbonyl (C=O) groups is 1. The van der Waals surface area contributed by atoms with Gasteiger partial charge in [0.25, 0.3) is 0 Å². The third-order valence-corrected chi connectivity index (χ3v) is 5.37. The van der Waals surface area contributed by atoms with E-state index in [1.165, 1.54) is 11.1 Å². The fourth-order valence-electron chi connectivity index (χ4n) is 3.73. The maximum absolute atomic E-state index is 12.7. The SMILES string of the molecule is Cc1ccc([C@@H]2CN(C(=O)CCc3ccc(O)cc3)C[C@H]2N(C)C)cc1. The molecule has 0 spiro atoms. The van der Waals surface area contributed by atoms with Crippen molar-refractivity contribution >= 4 is 5.91 Å². The molecule has 1 N–H and O–H groups in total. The number of rotatable bonds is 5. The van der Waals surface area contributed by atoms with Gasteiger partial charge in [-0.15, -0.1) is 0 Å². The molecule has 1 fully saturated rings.